The number of hydrogen-bond donors (Lipinski definition) is 0. The van der Waals surface area contributed by atoms with Crippen LogP contribution in [0, 0.1) is 5.41 Å². The molecule has 1 aromatic carbocycles. The molecule has 3 saturated carbocycles. The van der Waals surface area contributed by atoms with E-state index in [2.05, 4.69) is 24.8 Å². The molecule has 2 aromatic heterocycles. The summed E-state index contributed by atoms with van der Waals surface area (Å²) in [5.74, 6) is 1.12. The maximum atomic E-state index is 13.6. The van der Waals surface area contributed by atoms with E-state index in [1.165, 1.54) is 18.3 Å². The Bertz CT molecular complexity index is 1480. The molecule has 3 aliphatic carbocycles. The van der Waals surface area contributed by atoms with E-state index < -0.39 is 23.5 Å². The van der Waals surface area contributed by atoms with Crippen LogP contribution < -0.4 is 9.64 Å². The van der Waals surface area contributed by atoms with Crippen molar-refractivity contribution < 1.29 is 31.1 Å². The molecular weight excluding hydrogens is 574 g/mol. The van der Waals surface area contributed by atoms with E-state index in [4.69, 9.17) is 11.6 Å². The van der Waals surface area contributed by atoms with Crippen LogP contribution in [-0.2, 0) is 13.1 Å². The van der Waals surface area contributed by atoms with Crippen LogP contribution in [0.5, 0.6) is 5.75 Å². The van der Waals surface area contributed by atoms with Crippen LogP contribution in [0.25, 0.3) is 5.69 Å². The largest absolute Gasteiger partial charge is 0.573 e. The van der Waals surface area contributed by atoms with Crippen LogP contribution >= 0.6 is 11.6 Å². The lowest BCUT2D eigenvalue weighted by Crippen LogP contribution is -2.78. The Labute approximate surface area is 236 Å². The van der Waals surface area contributed by atoms with Crippen molar-refractivity contribution in [3.8, 4) is 11.4 Å². The maximum absolute atomic E-state index is 13.6. The van der Waals surface area contributed by atoms with Gasteiger partial charge in [-0.05, 0) is 68.0 Å². The monoisotopic (exact) mass is 598 g/mol. The van der Waals surface area contributed by atoms with Crippen LogP contribution in [0.1, 0.15) is 55.2 Å². The molecule has 14 heteroatoms. The Morgan fingerprint density at radius 3 is 2.37 bits per heavy atom. The van der Waals surface area contributed by atoms with Crippen molar-refractivity contribution in [2.24, 2.45) is 5.41 Å². The number of benzene rings is 1. The predicted molar refractivity (Wildman–Crippen MR) is 136 cm³/mol. The fourth-order valence-electron chi connectivity index (χ4n) is 7.17. The molecule has 4 fully saturated rings. The van der Waals surface area contributed by atoms with Gasteiger partial charge in [-0.2, -0.15) is 13.2 Å². The van der Waals surface area contributed by atoms with E-state index in [9.17, 15) is 26.3 Å². The van der Waals surface area contributed by atoms with Crippen LogP contribution in [0.4, 0.5) is 32.2 Å². The number of hydrogen-bond acceptors (Lipinski definition) is 6. The zero-order chi connectivity index (χ0) is 28.8. The quantitative estimate of drug-likeness (QED) is 0.324. The number of pyridine rings is 1. The summed E-state index contributed by atoms with van der Waals surface area (Å²) in [6.45, 7) is 1.67. The Morgan fingerprint density at radius 2 is 1.68 bits per heavy atom. The number of halogens is 7. The SMILES string of the molecule is FC(F)(F)Oc1cccnc1N1CCC(c2nnc3n2-c2ccc(Cl)cc2CN(C24CC(C(F)(F)F)(C2)C4)C3)CC1. The molecule has 0 spiro atoms. The number of aromatic nitrogens is 4. The molecule has 218 valence electrons. The fourth-order valence-corrected chi connectivity index (χ4v) is 7.36. The van der Waals surface area contributed by atoms with Crippen molar-refractivity contribution in [1.29, 1.82) is 0 Å². The number of ether oxygens (including phenoxy) is 1. The summed E-state index contributed by atoms with van der Waals surface area (Å²) < 4.78 is 85.7. The summed E-state index contributed by atoms with van der Waals surface area (Å²) in [5.41, 5.74) is -0.345. The third-order valence-electron chi connectivity index (χ3n) is 9.14. The lowest BCUT2D eigenvalue weighted by molar-refractivity contribution is -0.364. The molecular formula is C27H25ClF6N6O. The topological polar surface area (TPSA) is 59.3 Å². The minimum atomic E-state index is -4.83. The highest BCUT2D eigenvalue weighted by molar-refractivity contribution is 6.30. The number of rotatable bonds is 4. The minimum Gasteiger partial charge on any atom is -0.402 e. The second-order valence-electron chi connectivity index (χ2n) is 11.6. The van der Waals surface area contributed by atoms with E-state index >= 15 is 0 Å². The number of anilines is 1. The third kappa shape index (κ3) is 4.34. The molecule has 3 aromatic rings. The van der Waals surface area contributed by atoms with Gasteiger partial charge in [-0.15, -0.1) is 23.4 Å². The summed E-state index contributed by atoms with van der Waals surface area (Å²) in [6, 6.07) is 8.15. The molecule has 0 N–H and O–H groups in total. The Morgan fingerprint density at radius 1 is 0.951 bits per heavy atom. The standard InChI is InChI=1S/C27H25ClF6N6O/c28-18-3-4-19-17(10-18)11-39(25-13-24(14-25,15-25)26(29,30)31)12-21-36-37-22(40(19)21)16-5-8-38(9-6-16)23-20(2-1-7-35-23)41-27(32,33)34/h1-4,7,10,16H,5-6,8-9,11-15H2. The molecule has 2 bridgehead atoms. The van der Waals surface area contributed by atoms with Crippen LogP contribution in [0.3, 0.4) is 0 Å². The highest BCUT2D eigenvalue weighted by Crippen LogP contribution is 2.75. The van der Waals surface area contributed by atoms with E-state index in [0.29, 0.717) is 49.9 Å². The van der Waals surface area contributed by atoms with Crippen LogP contribution in [-0.4, -0.2) is 55.8 Å². The van der Waals surface area contributed by atoms with Crippen LogP contribution in [0.2, 0.25) is 5.02 Å². The highest BCUT2D eigenvalue weighted by atomic mass is 35.5. The van der Waals surface area contributed by atoms with Gasteiger partial charge >= 0.3 is 12.5 Å². The van der Waals surface area contributed by atoms with Gasteiger partial charge in [-0.25, -0.2) is 4.98 Å². The molecule has 2 aliphatic heterocycles. The van der Waals surface area contributed by atoms with Crippen molar-refractivity contribution in [2.75, 3.05) is 18.0 Å². The summed E-state index contributed by atoms with van der Waals surface area (Å²) >= 11 is 6.35. The van der Waals surface area contributed by atoms with Crippen molar-refractivity contribution in [3.63, 3.8) is 0 Å². The normalized spacial score (nSPS) is 26.5. The van der Waals surface area contributed by atoms with Crippen molar-refractivity contribution in [1.82, 2.24) is 24.6 Å². The van der Waals surface area contributed by atoms with Crippen molar-refractivity contribution >= 4 is 17.4 Å². The highest BCUT2D eigenvalue weighted by Gasteiger charge is 2.80. The second kappa shape index (κ2) is 8.97. The molecule has 41 heavy (non-hydrogen) atoms. The Kier molecular flexibility index (Phi) is 5.87. The first-order valence-corrected chi connectivity index (χ1v) is 13.7. The van der Waals surface area contributed by atoms with E-state index in [0.717, 1.165) is 17.1 Å². The number of fused-ring (bicyclic) bond motifs is 3. The summed E-state index contributed by atoms with van der Waals surface area (Å²) in [4.78, 5) is 8.01. The Hall–Kier alpha value is -3.06. The van der Waals surface area contributed by atoms with Gasteiger partial charge < -0.3 is 9.64 Å². The maximum Gasteiger partial charge on any atom is 0.573 e. The average molecular weight is 599 g/mol. The molecule has 5 aliphatic rings. The van der Waals surface area contributed by atoms with Gasteiger partial charge in [0.05, 0.1) is 17.6 Å². The molecule has 0 amide bonds. The molecule has 1 saturated heterocycles. The van der Waals surface area contributed by atoms with Gasteiger partial charge in [0, 0.05) is 42.3 Å². The van der Waals surface area contributed by atoms with E-state index in [1.54, 1.807) is 11.0 Å². The smallest absolute Gasteiger partial charge is 0.402 e. The Balaban J connectivity index is 1.15. The molecule has 0 radical (unpaired) electrons. The minimum absolute atomic E-state index is 0.0401. The summed E-state index contributed by atoms with van der Waals surface area (Å²) in [7, 11) is 0. The molecule has 4 heterocycles. The van der Waals surface area contributed by atoms with E-state index in [-0.39, 0.29) is 36.7 Å². The zero-order valence-corrected chi connectivity index (χ0v) is 22.4. The number of piperidine rings is 1. The third-order valence-corrected chi connectivity index (χ3v) is 9.38. The molecule has 0 unspecified atom stereocenters. The number of nitrogens with zero attached hydrogens (tertiary/aromatic N) is 6. The van der Waals surface area contributed by atoms with Gasteiger partial charge in [0.1, 0.15) is 5.82 Å². The van der Waals surface area contributed by atoms with Gasteiger partial charge in [0.2, 0.25) is 0 Å². The molecule has 8 rings (SSSR count). The van der Waals surface area contributed by atoms with Crippen LogP contribution in [0.15, 0.2) is 36.5 Å². The van der Waals surface area contributed by atoms with Gasteiger partial charge in [-0.3, -0.25) is 9.47 Å². The average Bonchev–Trinajstić information content (AvgIpc) is 3.17. The molecule has 0 atom stereocenters. The van der Waals surface area contributed by atoms with Gasteiger partial charge in [0.15, 0.2) is 17.4 Å². The molecule has 7 nitrogen and oxygen atoms in total. The zero-order valence-electron chi connectivity index (χ0n) is 21.6. The lowest BCUT2D eigenvalue weighted by atomic mass is 9.38. The van der Waals surface area contributed by atoms with Gasteiger partial charge in [0.25, 0.3) is 0 Å². The van der Waals surface area contributed by atoms with Crippen molar-refractivity contribution in [2.45, 2.75) is 69.2 Å². The lowest BCUT2D eigenvalue weighted by Gasteiger charge is -2.73. The number of alkyl halides is 6. The first-order valence-electron chi connectivity index (χ1n) is 13.4. The fraction of sp³-hybridized carbons (Fsp3) is 0.519. The second-order valence-corrected chi connectivity index (χ2v) is 12.0. The predicted octanol–water partition coefficient (Wildman–Crippen LogP) is 6.40. The van der Waals surface area contributed by atoms with E-state index in [1.807, 2.05) is 16.7 Å². The summed E-state index contributed by atoms with van der Waals surface area (Å²) in [6.07, 6.45) is -6.15. The first kappa shape index (κ1) is 26.8. The van der Waals surface area contributed by atoms with Gasteiger partial charge in [-0.1, -0.05) is 11.6 Å². The summed E-state index contributed by atoms with van der Waals surface area (Å²) in [5, 5.41) is 9.57. The first-order chi connectivity index (χ1) is 19.4. The van der Waals surface area contributed by atoms with Crippen molar-refractivity contribution in [3.05, 3.63) is 58.8 Å².